The summed E-state index contributed by atoms with van der Waals surface area (Å²) in [6.07, 6.45) is 7.27. The van der Waals surface area contributed by atoms with E-state index in [4.69, 9.17) is 5.73 Å². The van der Waals surface area contributed by atoms with Crippen LogP contribution in [-0.4, -0.2) is 14.5 Å². The van der Waals surface area contributed by atoms with Crippen molar-refractivity contribution >= 4 is 11.8 Å². The number of rotatable bonds is 3. The molecular weight excluding hydrogens is 208 g/mol. The van der Waals surface area contributed by atoms with Crippen LogP contribution in [0, 0.1) is 0 Å². The number of imidazole rings is 1. The molecule has 0 atom stereocenters. The molecule has 0 aromatic carbocycles. The van der Waals surface area contributed by atoms with Crippen LogP contribution in [0.25, 0.3) is 0 Å². The molecule has 0 unspecified atom stereocenters. The lowest BCUT2D eigenvalue weighted by atomic mass is 10.3. The number of nitrogens with two attached hydrogens (primary N) is 1. The lowest BCUT2D eigenvalue weighted by Gasteiger charge is -2.05. The number of hydrogen-bond acceptors (Lipinski definition) is 4. The van der Waals surface area contributed by atoms with Crippen molar-refractivity contribution in [2.75, 3.05) is 0 Å². The summed E-state index contributed by atoms with van der Waals surface area (Å²) in [7, 11) is 1.97. The van der Waals surface area contributed by atoms with Crippen LogP contribution in [0.2, 0.25) is 0 Å². The maximum atomic E-state index is 5.65. The third-order valence-electron chi connectivity index (χ3n) is 2.07. The van der Waals surface area contributed by atoms with Crippen molar-refractivity contribution in [3.8, 4) is 0 Å². The Balaban J connectivity index is 2.28. The summed E-state index contributed by atoms with van der Waals surface area (Å²) in [4.78, 5) is 9.40. The van der Waals surface area contributed by atoms with E-state index in [-0.39, 0.29) is 0 Å². The standard InChI is InChI=1S/C10H12N4S/c1-14-5-4-13-10(14)15-9-7-12-3-2-8(9)6-11/h2-5,7H,6,11H2,1H3. The Morgan fingerprint density at radius 3 is 3.00 bits per heavy atom. The Morgan fingerprint density at radius 2 is 2.33 bits per heavy atom. The molecule has 2 heterocycles. The lowest BCUT2D eigenvalue weighted by molar-refractivity contribution is 0.789. The highest BCUT2D eigenvalue weighted by Crippen LogP contribution is 2.27. The van der Waals surface area contributed by atoms with E-state index in [9.17, 15) is 0 Å². The summed E-state index contributed by atoms with van der Waals surface area (Å²) in [5.74, 6) is 0. The Hall–Kier alpha value is -1.33. The van der Waals surface area contributed by atoms with E-state index in [1.54, 1.807) is 24.2 Å². The van der Waals surface area contributed by atoms with Gasteiger partial charge in [-0.25, -0.2) is 4.98 Å². The predicted molar refractivity (Wildman–Crippen MR) is 59.5 cm³/mol. The average Bonchev–Trinajstić information content (AvgIpc) is 2.65. The number of hydrogen-bond donors (Lipinski definition) is 1. The van der Waals surface area contributed by atoms with E-state index in [1.807, 2.05) is 30.1 Å². The molecule has 2 rings (SSSR count). The van der Waals surface area contributed by atoms with Crippen LogP contribution in [0.15, 0.2) is 40.9 Å². The number of pyridine rings is 1. The van der Waals surface area contributed by atoms with Gasteiger partial charge in [0.2, 0.25) is 0 Å². The zero-order valence-electron chi connectivity index (χ0n) is 8.42. The molecule has 5 heteroatoms. The Bertz CT molecular complexity index is 452. The summed E-state index contributed by atoms with van der Waals surface area (Å²) in [5.41, 5.74) is 6.74. The molecule has 0 spiro atoms. The van der Waals surface area contributed by atoms with E-state index in [1.165, 1.54) is 0 Å². The number of aromatic nitrogens is 3. The van der Waals surface area contributed by atoms with Crippen molar-refractivity contribution in [1.29, 1.82) is 0 Å². The quantitative estimate of drug-likeness (QED) is 0.850. The first-order valence-electron chi connectivity index (χ1n) is 4.59. The molecule has 0 saturated heterocycles. The normalized spacial score (nSPS) is 10.5. The molecule has 0 aliphatic carbocycles. The van der Waals surface area contributed by atoms with Gasteiger partial charge in [-0.3, -0.25) is 4.98 Å². The molecule has 4 nitrogen and oxygen atoms in total. The molecule has 0 aliphatic rings. The average molecular weight is 220 g/mol. The van der Waals surface area contributed by atoms with Gasteiger partial charge in [-0.05, 0) is 23.4 Å². The van der Waals surface area contributed by atoms with E-state index < -0.39 is 0 Å². The van der Waals surface area contributed by atoms with Crippen molar-refractivity contribution < 1.29 is 0 Å². The van der Waals surface area contributed by atoms with Gasteiger partial charge >= 0.3 is 0 Å². The van der Waals surface area contributed by atoms with Gasteiger partial charge in [0, 0.05) is 43.3 Å². The van der Waals surface area contributed by atoms with Gasteiger partial charge in [0.25, 0.3) is 0 Å². The SMILES string of the molecule is Cn1ccnc1Sc1cnccc1CN. The van der Waals surface area contributed by atoms with Crippen LogP contribution in [-0.2, 0) is 13.6 Å². The minimum absolute atomic E-state index is 0.523. The van der Waals surface area contributed by atoms with Gasteiger partial charge in [0.15, 0.2) is 5.16 Å². The van der Waals surface area contributed by atoms with Gasteiger partial charge in [0.05, 0.1) is 0 Å². The number of nitrogens with zero attached hydrogens (tertiary/aromatic N) is 3. The second-order valence-corrected chi connectivity index (χ2v) is 4.12. The highest BCUT2D eigenvalue weighted by Gasteiger charge is 2.06. The first-order valence-corrected chi connectivity index (χ1v) is 5.41. The molecule has 78 valence electrons. The third kappa shape index (κ3) is 2.19. The van der Waals surface area contributed by atoms with Gasteiger partial charge in [-0.2, -0.15) is 0 Å². The highest BCUT2D eigenvalue weighted by atomic mass is 32.2. The van der Waals surface area contributed by atoms with Gasteiger partial charge < -0.3 is 10.3 Å². The maximum absolute atomic E-state index is 5.65. The predicted octanol–water partition coefficient (Wildman–Crippen LogP) is 1.43. The van der Waals surface area contributed by atoms with E-state index in [0.717, 1.165) is 15.6 Å². The van der Waals surface area contributed by atoms with Crippen LogP contribution in [0.4, 0.5) is 0 Å². The molecule has 2 aromatic rings. The molecular formula is C10H12N4S. The van der Waals surface area contributed by atoms with Crippen LogP contribution in [0.3, 0.4) is 0 Å². The Kier molecular flexibility index (Phi) is 3.03. The number of aryl methyl sites for hydroxylation is 1. The van der Waals surface area contributed by atoms with Gasteiger partial charge in [-0.1, -0.05) is 0 Å². The van der Waals surface area contributed by atoms with Gasteiger partial charge in [-0.15, -0.1) is 0 Å². The van der Waals surface area contributed by atoms with Crippen molar-refractivity contribution in [2.24, 2.45) is 12.8 Å². The summed E-state index contributed by atoms with van der Waals surface area (Å²) in [6, 6.07) is 1.94. The fraction of sp³-hybridized carbons (Fsp3) is 0.200. The summed E-state index contributed by atoms with van der Waals surface area (Å²) in [5, 5.41) is 0.942. The smallest absolute Gasteiger partial charge is 0.172 e. The monoisotopic (exact) mass is 220 g/mol. The summed E-state index contributed by atoms with van der Waals surface area (Å²) in [6.45, 7) is 0.523. The van der Waals surface area contributed by atoms with Crippen LogP contribution < -0.4 is 5.73 Å². The fourth-order valence-corrected chi connectivity index (χ4v) is 2.13. The first kappa shape index (κ1) is 10.2. The fourth-order valence-electron chi connectivity index (χ4n) is 1.22. The molecule has 0 bridgehead atoms. The van der Waals surface area contributed by atoms with Crippen LogP contribution in [0.5, 0.6) is 0 Å². The Labute approximate surface area is 92.5 Å². The second kappa shape index (κ2) is 4.46. The summed E-state index contributed by atoms with van der Waals surface area (Å²) < 4.78 is 1.97. The Morgan fingerprint density at radius 1 is 1.47 bits per heavy atom. The van der Waals surface area contributed by atoms with Crippen molar-refractivity contribution in [2.45, 2.75) is 16.6 Å². The topological polar surface area (TPSA) is 56.7 Å². The van der Waals surface area contributed by atoms with Crippen LogP contribution >= 0.6 is 11.8 Å². The largest absolute Gasteiger partial charge is 0.329 e. The third-order valence-corrected chi connectivity index (χ3v) is 3.23. The zero-order chi connectivity index (χ0) is 10.7. The minimum atomic E-state index is 0.523. The van der Waals surface area contributed by atoms with Gasteiger partial charge in [0.1, 0.15) is 0 Å². The molecule has 2 N–H and O–H groups in total. The second-order valence-electron chi connectivity index (χ2n) is 3.11. The molecule has 0 aliphatic heterocycles. The summed E-state index contributed by atoms with van der Waals surface area (Å²) >= 11 is 1.58. The van der Waals surface area contributed by atoms with Crippen molar-refractivity contribution in [3.63, 3.8) is 0 Å². The van der Waals surface area contributed by atoms with Crippen LogP contribution in [0.1, 0.15) is 5.56 Å². The molecule has 0 radical (unpaired) electrons. The maximum Gasteiger partial charge on any atom is 0.172 e. The lowest BCUT2D eigenvalue weighted by Crippen LogP contribution is -1.99. The molecule has 0 saturated carbocycles. The van der Waals surface area contributed by atoms with Crippen molar-refractivity contribution in [3.05, 3.63) is 36.4 Å². The van der Waals surface area contributed by atoms with E-state index in [2.05, 4.69) is 9.97 Å². The highest BCUT2D eigenvalue weighted by molar-refractivity contribution is 7.99. The first-order chi connectivity index (χ1) is 7.31. The van der Waals surface area contributed by atoms with E-state index in [0.29, 0.717) is 6.54 Å². The minimum Gasteiger partial charge on any atom is -0.329 e. The van der Waals surface area contributed by atoms with Crippen molar-refractivity contribution in [1.82, 2.24) is 14.5 Å². The molecule has 15 heavy (non-hydrogen) atoms. The molecule has 0 fully saturated rings. The zero-order valence-corrected chi connectivity index (χ0v) is 9.24. The molecule has 0 amide bonds. The van der Waals surface area contributed by atoms with E-state index >= 15 is 0 Å². The molecule has 2 aromatic heterocycles.